The summed E-state index contributed by atoms with van der Waals surface area (Å²) in [6, 6.07) is 7.64. The Morgan fingerprint density at radius 3 is 2.62 bits per heavy atom. The molecule has 0 saturated carbocycles. The lowest BCUT2D eigenvalue weighted by Crippen LogP contribution is -2.19. The second kappa shape index (κ2) is 4.27. The molecule has 3 heteroatoms. The van der Waals surface area contributed by atoms with Crippen LogP contribution in [0.15, 0.2) is 24.3 Å². The van der Waals surface area contributed by atoms with Gasteiger partial charge in [0.05, 0.1) is 6.42 Å². The van der Waals surface area contributed by atoms with Crippen molar-refractivity contribution < 1.29 is 4.79 Å². The van der Waals surface area contributed by atoms with Gasteiger partial charge in [-0.2, -0.15) is 5.26 Å². The predicted octanol–water partition coefficient (Wildman–Crippen LogP) is 1.13. The van der Waals surface area contributed by atoms with Gasteiger partial charge >= 0.3 is 0 Å². The lowest BCUT2D eigenvalue weighted by Gasteiger charge is -1.98. The maximum Gasteiger partial charge on any atom is 0.237 e. The molecule has 0 aliphatic carbocycles. The molecule has 0 fully saturated rings. The van der Waals surface area contributed by atoms with Crippen LogP contribution in [0, 0.1) is 18.4 Å². The van der Waals surface area contributed by atoms with Gasteiger partial charge in [-0.05, 0) is 12.5 Å². The van der Waals surface area contributed by atoms with Crippen molar-refractivity contribution in [1.29, 1.82) is 5.26 Å². The summed E-state index contributed by atoms with van der Waals surface area (Å²) in [6.07, 6.45) is 1.86. The molecular formula is C10H10N2O. The van der Waals surface area contributed by atoms with Crippen molar-refractivity contribution in [2.24, 2.45) is 0 Å². The maximum absolute atomic E-state index is 11.0. The molecule has 0 atom stereocenters. The molecule has 66 valence electrons. The molecule has 1 aromatic rings. The number of hydrogen-bond donors (Lipinski definition) is 1. The third kappa shape index (κ3) is 2.96. The van der Waals surface area contributed by atoms with E-state index < -0.39 is 0 Å². The van der Waals surface area contributed by atoms with Gasteiger partial charge in [-0.15, -0.1) is 0 Å². The van der Waals surface area contributed by atoms with Crippen molar-refractivity contribution in [3.05, 3.63) is 35.4 Å². The highest BCUT2D eigenvalue weighted by atomic mass is 16.1. The first kappa shape index (κ1) is 9.27. The molecule has 1 N–H and O–H groups in total. The lowest BCUT2D eigenvalue weighted by atomic mass is 10.1. The average molecular weight is 174 g/mol. The van der Waals surface area contributed by atoms with Crippen molar-refractivity contribution in [2.45, 2.75) is 13.3 Å². The first-order valence-electron chi connectivity index (χ1n) is 3.96. The van der Waals surface area contributed by atoms with E-state index in [2.05, 4.69) is 5.32 Å². The summed E-state index contributed by atoms with van der Waals surface area (Å²) in [5.74, 6) is -0.272. The molecule has 0 radical (unpaired) electrons. The highest BCUT2D eigenvalue weighted by molar-refractivity contribution is 5.79. The van der Waals surface area contributed by atoms with Crippen molar-refractivity contribution in [2.75, 3.05) is 0 Å². The Morgan fingerprint density at radius 1 is 1.46 bits per heavy atom. The minimum absolute atomic E-state index is 0.258. The fourth-order valence-corrected chi connectivity index (χ4v) is 0.998. The Hall–Kier alpha value is -1.82. The molecular weight excluding hydrogens is 164 g/mol. The maximum atomic E-state index is 11.0. The summed E-state index contributed by atoms with van der Waals surface area (Å²) in [6.45, 7) is 1.99. The van der Waals surface area contributed by atoms with Crippen LogP contribution in [-0.2, 0) is 11.2 Å². The minimum Gasteiger partial charge on any atom is -0.274 e. The minimum atomic E-state index is -0.272. The Balaban J connectivity index is 2.60. The van der Waals surface area contributed by atoms with Gasteiger partial charge in [0.2, 0.25) is 5.91 Å². The first-order valence-corrected chi connectivity index (χ1v) is 3.96. The van der Waals surface area contributed by atoms with Crippen LogP contribution < -0.4 is 5.32 Å². The third-order valence-corrected chi connectivity index (χ3v) is 1.68. The summed E-state index contributed by atoms with van der Waals surface area (Å²) in [7, 11) is 0. The Morgan fingerprint density at radius 2 is 2.08 bits per heavy atom. The van der Waals surface area contributed by atoms with Crippen LogP contribution >= 0.6 is 0 Å². The zero-order valence-corrected chi connectivity index (χ0v) is 7.37. The van der Waals surface area contributed by atoms with Crippen LogP contribution in [0.25, 0.3) is 0 Å². The van der Waals surface area contributed by atoms with Crippen LogP contribution in [0.2, 0.25) is 0 Å². The summed E-state index contributed by atoms with van der Waals surface area (Å²) in [5, 5.41) is 10.3. The number of hydrogen-bond acceptors (Lipinski definition) is 2. The van der Waals surface area contributed by atoms with E-state index in [1.165, 1.54) is 0 Å². The molecule has 0 bridgehead atoms. The molecule has 0 aromatic heterocycles. The van der Waals surface area contributed by atoms with Gasteiger partial charge < -0.3 is 0 Å². The predicted molar refractivity (Wildman–Crippen MR) is 48.6 cm³/mol. The van der Waals surface area contributed by atoms with Gasteiger partial charge in [-0.1, -0.05) is 29.8 Å². The van der Waals surface area contributed by atoms with Crippen molar-refractivity contribution >= 4 is 5.91 Å². The van der Waals surface area contributed by atoms with E-state index in [1.807, 2.05) is 31.2 Å². The molecule has 0 aliphatic rings. The van der Waals surface area contributed by atoms with Gasteiger partial charge in [0.15, 0.2) is 6.19 Å². The summed E-state index contributed by atoms with van der Waals surface area (Å²) in [5.41, 5.74) is 2.07. The topological polar surface area (TPSA) is 52.9 Å². The highest BCUT2D eigenvalue weighted by Gasteiger charge is 2.00. The number of nitrogens with one attached hydrogen (secondary N) is 1. The van der Waals surface area contributed by atoms with E-state index in [0.717, 1.165) is 11.1 Å². The quantitative estimate of drug-likeness (QED) is 0.540. The SMILES string of the molecule is Cc1ccc(CC(=O)NC#N)cc1. The number of aryl methyl sites for hydroxylation is 1. The van der Waals surface area contributed by atoms with Crippen LogP contribution in [0.4, 0.5) is 0 Å². The second-order valence-corrected chi connectivity index (χ2v) is 2.82. The van der Waals surface area contributed by atoms with Gasteiger partial charge in [0, 0.05) is 0 Å². The molecule has 0 aliphatic heterocycles. The van der Waals surface area contributed by atoms with Crippen LogP contribution in [-0.4, -0.2) is 5.91 Å². The number of nitrogens with zero attached hydrogens (tertiary/aromatic N) is 1. The average Bonchev–Trinajstić information content (AvgIpc) is 2.09. The van der Waals surface area contributed by atoms with E-state index in [0.29, 0.717) is 0 Å². The van der Waals surface area contributed by atoms with Gasteiger partial charge in [0.1, 0.15) is 0 Å². The number of carbonyl (C=O) groups excluding carboxylic acids is 1. The van der Waals surface area contributed by atoms with Crippen LogP contribution in [0.5, 0.6) is 0 Å². The van der Waals surface area contributed by atoms with Gasteiger partial charge in [0.25, 0.3) is 0 Å². The molecule has 1 rings (SSSR count). The molecule has 1 aromatic carbocycles. The number of nitriles is 1. The van der Waals surface area contributed by atoms with Crippen molar-refractivity contribution in [3.8, 4) is 6.19 Å². The smallest absolute Gasteiger partial charge is 0.237 e. The molecule has 0 unspecified atom stereocenters. The van der Waals surface area contributed by atoms with Crippen molar-refractivity contribution in [3.63, 3.8) is 0 Å². The standard InChI is InChI=1S/C10H10N2O/c1-8-2-4-9(5-3-8)6-10(13)12-7-11/h2-5H,6H2,1H3,(H,12,13). The molecule has 0 saturated heterocycles. The van der Waals surface area contributed by atoms with Gasteiger partial charge in [-0.25, -0.2) is 0 Å². The number of rotatable bonds is 2. The molecule has 0 heterocycles. The third-order valence-electron chi connectivity index (χ3n) is 1.68. The largest absolute Gasteiger partial charge is 0.274 e. The number of benzene rings is 1. The van der Waals surface area contributed by atoms with Crippen molar-refractivity contribution in [1.82, 2.24) is 5.32 Å². The fraction of sp³-hybridized carbons (Fsp3) is 0.200. The molecule has 3 nitrogen and oxygen atoms in total. The van der Waals surface area contributed by atoms with Crippen LogP contribution in [0.1, 0.15) is 11.1 Å². The summed E-state index contributed by atoms with van der Waals surface area (Å²) < 4.78 is 0. The van der Waals surface area contributed by atoms with E-state index in [-0.39, 0.29) is 12.3 Å². The highest BCUT2D eigenvalue weighted by Crippen LogP contribution is 2.03. The zero-order chi connectivity index (χ0) is 9.68. The second-order valence-electron chi connectivity index (χ2n) is 2.82. The zero-order valence-electron chi connectivity index (χ0n) is 7.37. The van der Waals surface area contributed by atoms with E-state index in [1.54, 1.807) is 6.19 Å². The van der Waals surface area contributed by atoms with E-state index >= 15 is 0 Å². The van der Waals surface area contributed by atoms with Crippen LogP contribution in [0.3, 0.4) is 0 Å². The number of carbonyl (C=O) groups is 1. The first-order chi connectivity index (χ1) is 6.22. The summed E-state index contributed by atoms with van der Waals surface area (Å²) >= 11 is 0. The summed E-state index contributed by atoms with van der Waals surface area (Å²) in [4.78, 5) is 11.0. The normalized spacial score (nSPS) is 8.92. The molecule has 1 amide bonds. The monoisotopic (exact) mass is 174 g/mol. The fourth-order valence-electron chi connectivity index (χ4n) is 0.998. The molecule has 13 heavy (non-hydrogen) atoms. The molecule has 0 spiro atoms. The Kier molecular flexibility index (Phi) is 3.04. The lowest BCUT2D eigenvalue weighted by molar-refractivity contribution is -0.119. The van der Waals surface area contributed by atoms with E-state index in [9.17, 15) is 4.79 Å². The Labute approximate surface area is 77.0 Å². The number of amides is 1. The van der Waals surface area contributed by atoms with Gasteiger partial charge in [-0.3, -0.25) is 10.1 Å². The van der Waals surface area contributed by atoms with E-state index in [4.69, 9.17) is 5.26 Å². The Bertz CT molecular complexity index is 335.